The molecule has 1 amide bonds. The first-order valence-corrected chi connectivity index (χ1v) is 8.37. The Bertz CT molecular complexity index is 453. The summed E-state index contributed by atoms with van der Waals surface area (Å²) in [6, 6.07) is 3.86. The summed E-state index contributed by atoms with van der Waals surface area (Å²) in [7, 11) is 0. The second kappa shape index (κ2) is 6.59. The Balaban J connectivity index is 1.96. The second-order valence-electron chi connectivity index (χ2n) is 5.38. The highest BCUT2D eigenvalue weighted by Crippen LogP contribution is 2.31. The number of amides is 1. The lowest BCUT2D eigenvalue weighted by atomic mass is 9.87. The maximum absolute atomic E-state index is 12.0. The highest BCUT2D eigenvalue weighted by Gasteiger charge is 2.36. The summed E-state index contributed by atoms with van der Waals surface area (Å²) >= 11 is 1.69. The SMILES string of the molecule is CSCCC(=O)N1CCC(O)(c2ccc(C)cn2)CC1. The number of hydrogen-bond donors (Lipinski definition) is 1. The number of aliphatic hydroxyl groups is 1. The summed E-state index contributed by atoms with van der Waals surface area (Å²) in [4.78, 5) is 18.2. The smallest absolute Gasteiger partial charge is 0.223 e. The van der Waals surface area contributed by atoms with E-state index >= 15 is 0 Å². The molecular weight excluding hydrogens is 272 g/mol. The minimum absolute atomic E-state index is 0.193. The topological polar surface area (TPSA) is 53.4 Å². The zero-order valence-corrected chi connectivity index (χ0v) is 12.9. The van der Waals surface area contributed by atoms with Crippen LogP contribution in [0, 0.1) is 6.92 Å². The first-order chi connectivity index (χ1) is 9.55. The van der Waals surface area contributed by atoms with Crippen molar-refractivity contribution in [3.05, 3.63) is 29.6 Å². The lowest BCUT2D eigenvalue weighted by molar-refractivity contribution is -0.135. The molecule has 1 aliphatic heterocycles. The fraction of sp³-hybridized carbons (Fsp3) is 0.600. The van der Waals surface area contributed by atoms with Gasteiger partial charge in [0.15, 0.2) is 0 Å². The summed E-state index contributed by atoms with van der Waals surface area (Å²) in [6.45, 7) is 3.20. The van der Waals surface area contributed by atoms with Gasteiger partial charge in [-0.05, 0) is 37.7 Å². The van der Waals surface area contributed by atoms with E-state index in [0.29, 0.717) is 32.4 Å². The number of hydrogen-bond acceptors (Lipinski definition) is 4. The van der Waals surface area contributed by atoms with Crippen molar-refractivity contribution in [3.63, 3.8) is 0 Å². The maximum atomic E-state index is 12.0. The van der Waals surface area contributed by atoms with Crippen molar-refractivity contribution in [2.24, 2.45) is 0 Å². The van der Waals surface area contributed by atoms with Gasteiger partial charge in [0.1, 0.15) is 5.60 Å². The molecule has 0 aliphatic carbocycles. The van der Waals surface area contributed by atoms with Gasteiger partial charge in [-0.1, -0.05) is 6.07 Å². The van der Waals surface area contributed by atoms with E-state index in [2.05, 4.69) is 4.98 Å². The first kappa shape index (κ1) is 15.3. The standard InChI is InChI=1S/C15H22N2O2S/c1-12-3-4-13(16-11-12)15(19)6-8-17(9-7-15)14(18)5-10-20-2/h3-4,11,19H,5-10H2,1-2H3. The summed E-state index contributed by atoms with van der Waals surface area (Å²) < 4.78 is 0. The first-order valence-electron chi connectivity index (χ1n) is 6.97. The highest BCUT2D eigenvalue weighted by molar-refractivity contribution is 7.98. The third-order valence-corrected chi connectivity index (χ3v) is 4.46. The monoisotopic (exact) mass is 294 g/mol. The lowest BCUT2D eigenvalue weighted by Gasteiger charge is -2.37. The van der Waals surface area contributed by atoms with Crippen molar-refractivity contribution in [3.8, 4) is 0 Å². The van der Waals surface area contributed by atoms with Crippen molar-refractivity contribution < 1.29 is 9.90 Å². The van der Waals surface area contributed by atoms with Crippen LogP contribution in [-0.2, 0) is 10.4 Å². The Kier molecular flexibility index (Phi) is 5.05. The molecule has 0 atom stereocenters. The Morgan fingerprint density at radius 3 is 2.70 bits per heavy atom. The van der Waals surface area contributed by atoms with Crippen LogP contribution >= 0.6 is 11.8 Å². The maximum Gasteiger partial charge on any atom is 0.223 e. The predicted molar refractivity (Wildman–Crippen MR) is 81.7 cm³/mol. The molecule has 1 aromatic heterocycles. The van der Waals surface area contributed by atoms with Gasteiger partial charge in [0.25, 0.3) is 0 Å². The molecular formula is C15H22N2O2S. The van der Waals surface area contributed by atoms with Gasteiger partial charge in [-0.25, -0.2) is 0 Å². The summed E-state index contributed by atoms with van der Waals surface area (Å²) in [5, 5.41) is 10.7. The molecule has 0 bridgehead atoms. The van der Waals surface area contributed by atoms with Gasteiger partial charge in [-0.3, -0.25) is 9.78 Å². The van der Waals surface area contributed by atoms with Crippen molar-refractivity contribution in [1.82, 2.24) is 9.88 Å². The quantitative estimate of drug-likeness (QED) is 0.922. The van der Waals surface area contributed by atoms with Crippen LogP contribution in [0.3, 0.4) is 0 Å². The largest absolute Gasteiger partial charge is 0.383 e. The van der Waals surface area contributed by atoms with E-state index in [1.54, 1.807) is 18.0 Å². The van der Waals surface area contributed by atoms with Gasteiger partial charge in [-0.15, -0.1) is 0 Å². The van der Waals surface area contributed by atoms with Gasteiger partial charge in [0.05, 0.1) is 5.69 Å². The second-order valence-corrected chi connectivity index (χ2v) is 6.36. The molecule has 1 aliphatic rings. The number of pyridine rings is 1. The molecule has 1 fully saturated rings. The number of aryl methyl sites for hydroxylation is 1. The molecule has 20 heavy (non-hydrogen) atoms. The zero-order chi connectivity index (χ0) is 14.6. The van der Waals surface area contributed by atoms with E-state index in [0.717, 1.165) is 17.0 Å². The average molecular weight is 294 g/mol. The fourth-order valence-electron chi connectivity index (χ4n) is 2.47. The molecule has 1 aromatic rings. The van der Waals surface area contributed by atoms with Gasteiger partial charge in [0.2, 0.25) is 5.91 Å². The molecule has 1 N–H and O–H groups in total. The van der Waals surface area contributed by atoms with E-state index in [1.165, 1.54) is 0 Å². The minimum atomic E-state index is -0.885. The van der Waals surface area contributed by atoms with Crippen LogP contribution in [0.4, 0.5) is 0 Å². The van der Waals surface area contributed by atoms with Crippen molar-refractivity contribution in [2.45, 2.75) is 31.8 Å². The third kappa shape index (κ3) is 3.52. The van der Waals surface area contributed by atoms with Crippen LogP contribution in [0.15, 0.2) is 18.3 Å². The molecule has 0 unspecified atom stereocenters. The van der Waals surface area contributed by atoms with Crippen LogP contribution < -0.4 is 0 Å². The molecule has 1 saturated heterocycles. The molecule has 5 heteroatoms. The van der Waals surface area contributed by atoms with Crippen LogP contribution in [0.1, 0.15) is 30.5 Å². The number of likely N-dealkylation sites (tertiary alicyclic amines) is 1. The summed E-state index contributed by atoms with van der Waals surface area (Å²) in [5.41, 5.74) is 0.922. The zero-order valence-electron chi connectivity index (χ0n) is 12.1. The highest BCUT2D eigenvalue weighted by atomic mass is 32.2. The Hall–Kier alpha value is -1.07. The molecule has 4 nitrogen and oxygen atoms in total. The molecule has 0 radical (unpaired) electrons. The van der Waals surface area contributed by atoms with Crippen LogP contribution in [0.5, 0.6) is 0 Å². The van der Waals surface area contributed by atoms with E-state index in [-0.39, 0.29) is 5.91 Å². The van der Waals surface area contributed by atoms with Gasteiger partial charge >= 0.3 is 0 Å². The normalized spacial score (nSPS) is 18.1. The number of carbonyl (C=O) groups is 1. The van der Waals surface area contributed by atoms with E-state index in [9.17, 15) is 9.90 Å². The lowest BCUT2D eigenvalue weighted by Crippen LogP contribution is -2.45. The average Bonchev–Trinajstić information content (AvgIpc) is 2.46. The summed E-state index contributed by atoms with van der Waals surface area (Å²) in [5.74, 6) is 1.05. The summed E-state index contributed by atoms with van der Waals surface area (Å²) in [6.07, 6.45) is 5.50. The molecule has 110 valence electrons. The fourth-order valence-corrected chi connectivity index (χ4v) is 2.85. The van der Waals surface area contributed by atoms with Gasteiger partial charge in [0, 0.05) is 31.5 Å². The van der Waals surface area contributed by atoms with Crippen LogP contribution in [-0.4, -0.2) is 46.0 Å². The molecule has 0 aromatic carbocycles. The Morgan fingerprint density at radius 2 is 2.15 bits per heavy atom. The van der Waals surface area contributed by atoms with Crippen molar-refractivity contribution >= 4 is 17.7 Å². The van der Waals surface area contributed by atoms with E-state index in [4.69, 9.17) is 0 Å². The van der Waals surface area contributed by atoms with Crippen molar-refractivity contribution in [2.75, 3.05) is 25.1 Å². The number of carbonyl (C=O) groups excluding carboxylic acids is 1. The molecule has 2 heterocycles. The predicted octanol–water partition coefficient (Wildman–Crippen LogP) is 1.95. The number of rotatable bonds is 4. The van der Waals surface area contributed by atoms with E-state index in [1.807, 2.05) is 30.2 Å². The van der Waals surface area contributed by atoms with Gasteiger partial charge < -0.3 is 10.0 Å². The molecule has 0 saturated carbocycles. The molecule has 2 rings (SSSR count). The Morgan fingerprint density at radius 1 is 1.45 bits per heavy atom. The Labute approximate surface area is 124 Å². The van der Waals surface area contributed by atoms with E-state index < -0.39 is 5.60 Å². The van der Waals surface area contributed by atoms with Gasteiger partial charge in [-0.2, -0.15) is 11.8 Å². The molecule has 0 spiro atoms. The van der Waals surface area contributed by atoms with Crippen LogP contribution in [0.25, 0.3) is 0 Å². The number of nitrogens with zero attached hydrogens (tertiary/aromatic N) is 2. The number of thioether (sulfide) groups is 1. The number of aromatic nitrogens is 1. The van der Waals surface area contributed by atoms with Crippen molar-refractivity contribution in [1.29, 1.82) is 0 Å². The minimum Gasteiger partial charge on any atom is -0.383 e. The van der Waals surface area contributed by atoms with Crippen LogP contribution in [0.2, 0.25) is 0 Å². The number of piperidine rings is 1. The third-order valence-electron chi connectivity index (χ3n) is 3.85.